The van der Waals surface area contributed by atoms with Crippen LogP contribution in [-0.4, -0.2) is 24.7 Å². The molecule has 2 saturated carbocycles. The quantitative estimate of drug-likeness (QED) is 0.807. The van der Waals surface area contributed by atoms with Crippen LogP contribution in [0, 0.1) is 20.8 Å². The molecule has 0 amide bonds. The predicted molar refractivity (Wildman–Crippen MR) is 102 cm³/mol. The lowest BCUT2D eigenvalue weighted by Gasteiger charge is -2.14. The maximum absolute atomic E-state index is 12.8. The predicted octanol–water partition coefficient (Wildman–Crippen LogP) is 3.54. The van der Waals surface area contributed by atoms with Crippen LogP contribution in [0.3, 0.4) is 0 Å². The van der Waals surface area contributed by atoms with Gasteiger partial charge in [-0.2, -0.15) is 5.10 Å². The van der Waals surface area contributed by atoms with Crippen molar-refractivity contribution in [3.8, 4) is 0 Å². The molecule has 140 valence electrons. The van der Waals surface area contributed by atoms with Crippen molar-refractivity contribution >= 4 is 10.0 Å². The van der Waals surface area contributed by atoms with Crippen molar-refractivity contribution in [3.05, 3.63) is 46.3 Å². The number of rotatable bonds is 7. The molecule has 5 nitrogen and oxygen atoms in total. The van der Waals surface area contributed by atoms with Crippen LogP contribution >= 0.6 is 0 Å². The zero-order valence-electron chi connectivity index (χ0n) is 15.7. The number of nitrogens with zero attached hydrogens (tertiary/aromatic N) is 2. The highest BCUT2D eigenvalue weighted by molar-refractivity contribution is 7.89. The summed E-state index contributed by atoms with van der Waals surface area (Å²) in [6.45, 7) is 6.64. The van der Waals surface area contributed by atoms with Crippen LogP contribution in [0.2, 0.25) is 0 Å². The molecule has 1 aromatic heterocycles. The highest BCUT2D eigenvalue weighted by Gasteiger charge is 2.32. The zero-order chi connectivity index (χ0) is 18.5. The lowest BCUT2D eigenvalue weighted by Crippen LogP contribution is -2.29. The van der Waals surface area contributed by atoms with Crippen molar-refractivity contribution < 1.29 is 8.42 Å². The molecule has 2 aromatic rings. The summed E-state index contributed by atoms with van der Waals surface area (Å²) in [7, 11) is -3.51. The van der Waals surface area contributed by atoms with Crippen LogP contribution in [0.5, 0.6) is 0 Å². The summed E-state index contributed by atoms with van der Waals surface area (Å²) in [4.78, 5) is 0.407. The van der Waals surface area contributed by atoms with E-state index in [-0.39, 0.29) is 0 Å². The summed E-state index contributed by atoms with van der Waals surface area (Å²) in [6.07, 6.45) is 4.92. The smallest absolute Gasteiger partial charge is 0.241 e. The first-order valence-electron chi connectivity index (χ1n) is 9.50. The van der Waals surface area contributed by atoms with Crippen molar-refractivity contribution in [2.75, 3.05) is 6.54 Å². The van der Waals surface area contributed by atoms with Gasteiger partial charge in [0.15, 0.2) is 0 Å². The molecule has 4 rings (SSSR count). The van der Waals surface area contributed by atoms with E-state index >= 15 is 0 Å². The van der Waals surface area contributed by atoms with Crippen LogP contribution in [0.15, 0.2) is 23.1 Å². The van der Waals surface area contributed by atoms with Crippen molar-refractivity contribution in [1.82, 2.24) is 14.5 Å². The molecule has 0 aliphatic heterocycles. The van der Waals surface area contributed by atoms with E-state index < -0.39 is 10.0 Å². The van der Waals surface area contributed by atoms with E-state index in [0.717, 1.165) is 16.7 Å². The zero-order valence-corrected chi connectivity index (χ0v) is 16.6. The van der Waals surface area contributed by atoms with E-state index in [1.165, 1.54) is 37.1 Å². The second-order valence-electron chi connectivity index (χ2n) is 7.89. The van der Waals surface area contributed by atoms with E-state index in [2.05, 4.69) is 10.8 Å². The van der Waals surface area contributed by atoms with Crippen LogP contribution in [0.25, 0.3) is 0 Å². The first kappa shape index (κ1) is 17.7. The van der Waals surface area contributed by atoms with Gasteiger partial charge in [0.25, 0.3) is 0 Å². The molecule has 0 unspecified atom stereocenters. The highest BCUT2D eigenvalue weighted by atomic mass is 32.2. The molecule has 1 N–H and O–H groups in total. The monoisotopic (exact) mass is 373 g/mol. The van der Waals surface area contributed by atoms with E-state index in [1.54, 1.807) is 0 Å². The Labute approximate surface area is 155 Å². The standard InChI is InChI=1S/C20H27N3O2S/c1-13-10-14(2)20(15(3)11-13)26(24,25)21-8-9-23-19(17-6-7-17)12-18(22-23)16-4-5-16/h10-12,16-17,21H,4-9H2,1-3H3. The first-order valence-corrected chi connectivity index (χ1v) is 11.0. The number of aromatic nitrogens is 2. The van der Waals surface area contributed by atoms with Crippen molar-refractivity contribution in [2.45, 2.75) is 69.7 Å². The molecule has 0 radical (unpaired) electrons. The van der Waals surface area contributed by atoms with E-state index in [9.17, 15) is 8.42 Å². The van der Waals surface area contributed by atoms with Gasteiger partial charge in [-0.25, -0.2) is 13.1 Å². The van der Waals surface area contributed by atoms with E-state index in [4.69, 9.17) is 5.10 Å². The number of aryl methyl sites for hydroxylation is 3. The first-order chi connectivity index (χ1) is 12.3. The van der Waals surface area contributed by atoms with Gasteiger partial charge in [-0.15, -0.1) is 0 Å². The average molecular weight is 374 g/mol. The molecule has 2 aliphatic carbocycles. The molecule has 0 saturated heterocycles. The molecule has 0 bridgehead atoms. The van der Waals surface area contributed by atoms with Gasteiger partial charge in [-0.3, -0.25) is 4.68 Å². The number of hydrogen-bond donors (Lipinski definition) is 1. The van der Waals surface area contributed by atoms with Gasteiger partial charge in [0, 0.05) is 24.1 Å². The summed E-state index contributed by atoms with van der Waals surface area (Å²) in [5.41, 5.74) is 5.15. The third-order valence-electron chi connectivity index (χ3n) is 5.31. The summed E-state index contributed by atoms with van der Waals surface area (Å²) >= 11 is 0. The highest BCUT2D eigenvalue weighted by Crippen LogP contribution is 2.44. The van der Waals surface area contributed by atoms with Gasteiger partial charge < -0.3 is 0 Å². The molecular formula is C20H27N3O2S. The summed E-state index contributed by atoms with van der Waals surface area (Å²) < 4.78 is 30.4. The van der Waals surface area contributed by atoms with Crippen molar-refractivity contribution in [2.24, 2.45) is 0 Å². The minimum absolute atomic E-state index is 0.362. The Morgan fingerprint density at radius 1 is 1.04 bits per heavy atom. The van der Waals surface area contributed by atoms with Crippen molar-refractivity contribution in [3.63, 3.8) is 0 Å². The molecule has 2 fully saturated rings. The van der Waals surface area contributed by atoms with Gasteiger partial charge in [-0.05, 0) is 63.6 Å². The third-order valence-corrected chi connectivity index (χ3v) is 7.08. The Kier molecular flexibility index (Phi) is 4.43. The van der Waals surface area contributed by atoms with Gasteiger partial charge in [0.05, 0.1) is 17.1 Å². The summed E-state index contributed by atoms with van der Waals surface area (Å²) in [5.74, 6) is 1.25. The SMILES string of the molecule is Cc1cc(C)c(S(=O)(=O)NCCn2nc(C3CC3)cc2C2CC2)c(C)c1. The second kappa shape index (κ2) is 6.50. The van der Waals surface area contributed by atoms with E-state index in [1.807, 2.05) is 37.6 Å². The lowest BCUT2D eigenvalue weighted by atomic mass is 10.1. The van der Waals surface area contributed by atoms with Gasteiger partial charge in [-0.1, -0.05) is 17.7 Å². The Morgan fingerprint density at radius 2 is 1.65 bits per heavy atom. The fourth-order valence-corrected chi connectivity index (χ4v) is 5.34. The van der Waals surface area contributed by atoms with Crippen LogP contribution < -0.4 is 4.72 Å². The van der Waals surface area contributed by atoms with Crippen molar-refractivity contribution in [1.29, 1.82) is 0 Å². The minimum atomic E-state index is -3.51. The molecular weight excluding hydrogens is 346 g/mol. The maximum atomic E-state index is 12.8. The van der Waals surface area contributed by atoms with Crippen LogP contribution in [0.1, 0.15) is 65.6 Å². The van der Waals surface area contributed by atoms with Crippen LogP contribution in [-0.2, 0) is 16.6 Å². The Morgan fingerprint density at radius 3 is 2.23 bits per heavy atom. The maximum Gasteiger partial charge on any atom is 0.241 e. The fourth-order valence-electron chi connectivity index (χ4n) is 3.87. The molecule has 1 heterocycles. The molecule has 6 heteroatoms. The molecule has 26 heavy (non-hydrogen) atoms. The number of nitrogens with one attached hydrogen (secondary N) is 1. The average Bonchev–Trinajstić information content (AvgIpc) is 3.45. The minimum Gasteiger partial charge on any atom is -0.268 e. The topological polar surface area (TPSA) is 64.0 Å². The fraction of sp³-hybridized carbons (Fsp3) is 0.550. The van der Waals surface area contributed by atoms with Gasteiger partial charge in [0.1, 0.15) is 0 Å². The third kappa shape index (κ3) is 3.58. The summed E-state index contributed by atoms with van der Waals surface area (Å²) in [5, 5.41) is 4.75. The van der Waals surface area contributed by atoms with Crippen LogP contribution in [0.4, 0.5) is 0 Å². The second-order valence-corrected chi connectivity index (χ2v) is 9.60. The Bertz CT molecular complexity index is 915. The van der Waals surface area contributed by atoms with E-state index in [0.29, 0.717) is 29.8 Å². The largest absolute Gasteiger partial charge is 0.268 e. The normalized spacial score (nSPS) is 17.7. The number of sulfonamides is 1. The number of benzene rings is 1. The van der Waals surface area contributed by atoms with Gasteiger partial charge >= 0.3 is 0 Å². The Hall–Kier alpha value is -1.66. The molecule has 2 aliphatic rings. The summed E-state index contributed by atoms with van der Waals surface area (Å²) in [6, 6.07) is 6.09. The number of hydrogen-bond acceptors (Lipinski definition) is 3. The van der Waals surface area contributed by atoms with Gasteiger partial charge in [0.2, 0.25) is 10.0 Å². The Balaban J connectivity index is 1.48. The molecule has 0 atom stereocenters. The lowest BCUT2D eigenvalue weighted by molar-refractivity contribution is 0.547. The molecule has 1 aromatic carbocycles. The molecule has 0 spiro atoms.